The molecule has 2 aromatic carbocycles. The molecule has 2 nitrogen and oxygen atoms in total. The molecule has 0 unspecified atom stereocenters. The molecule has 0 amide bonds. The Balaban J connectivity index is 1.77. The molecule has 25 heavy (non-hydrogen) atoms. The summed E-state index contributed by atoms with van der Waals surface area (Å²) in [5.41, 5.74) is 4.70. The first kappa shape index (κ1) is 14.6. The molecule has 0 saturated heterocycles. The van der Waals surface area contributed by atoms with Crippen LogP contribution >= 0.6 is 0 Å². The fourth-order valence-electron chi connectivity index (χ4n) is 3.24. The zero-order chi connectivity index (χ0) is 16.6. The van der Waals surface area contributed by atoms with Crippen LogP contribution in [0.3, 0.4) is 0 Å². The third kappa shape index (κ3) is 2.49. The molecule has 0 aliphatic carbocycles. The Morgan fingerprint density at radius 1 is 0.720 bits per heavy atom. The molecule has 0 radical (unpaired) electrons. The van der Waals surface area contributed by atoms with Gasteiger partial charge in [0.1, 0.15) is 0 Å². The van der Waals surface area contributed by atoms with E-state index >= 15 is 0 Å². The van der Waals surface area contributed by atoms with E-state index in [9.17, 15) is 0 Å². The maximum atomic E-state index is 4.56. The number of rotatable bonds is 2. The quantitative estimate of drug-likeness (QED) is 0.392. The topological polar surface area (TPSA) is 25.8 Å². The second-order valence-corrected chi connectivity index (χ2v) is 8.16. The molecule has 5 rings (SSSR count). The van der Waals surface area contributed by atoms with E-state index in [1.165, 1.54) is 30.4 Å². The standard InChI is InChI=1S/C22H14N2Se/c1-2-12-24-20(8-1)18-7-3-6-17-19-13-15(16-5-4-11-23-14-16)9-10-21(19)25-22(17)18/h1-14H. The monoisotopic (exact) mass is 386 g/mol. The summed E-state index contributed by atoms with van der Waals surface area (Å²) in [6.45, 7) is 0. The average Bonchev–Trinajstić information content (AvgIpc) is 3.07. The molecule has 0 fully saturated rings. The van der Waals surface area contributed by atoms with Gasteiger partial charge in [-0.3, -0.25) is 0 Å². The van der Waals surface area contributed by atoms with Gasteiger partial charge in [-0.2, -0.15) is 0 Å². The Hall–Kier alpha value is -2.74. The Morgan fingerprint density at radius 3 is 2.56 bits per heavy atom. The van der Waals surface area contributed by atoms with Crippen LogP contribution in [0.1, 0.15) is 0 Å². The van der Waals surface area contributed by atoms with Gasteiger partial charge in [0.15, 0.2) is 0 Å². The van der Waals surface area contributed by atoms with Gasteiger partial charge in [-0.15, -0.1) is 0 Å². The summed E-state index contributed by atoms with van der Waals surface area (Å²) in [5.74, 6) is 0. The van der Waals surface area contributed by atoms with Gasteiger partial charge in [-0.25, -0.2) is 0 Å². The van der Waals surface area contributed by atoms with Gasteiger partial charge in [-0.1, -0.05) is 0 Å². The molecule has 3 heterocycles. The summed E-state index contributed by atoms with van der Waals surface area (Å²) in [6, 6.07) is 23.6. The zero-order valence-electron chi connectivity index (χ0n) is 13.4. The number of hydrogen-bond acceptors (Lipinski definition) is 2. The van der Waals surface area contributed by atoms with E-state index in [1.54, 1.807) is 0 Å². The van der Waals surface area contributed by atoms with Crippen molar-refractivity contribution in [3.8, 4) is 22.4 Å². The number of hydrogen-bond donors (Lipinski definition) is 0. The van der Waals surface area contributed by atoms with Crippen molar-refractivity contribution in [1.29, 1.82) is 0 Å². The third-order valence-corrected chi connectivity index (χ3v) is 6.99. The van der Waals surface area contributed by atoms with Crippen molar-refractivity contribution in [2.24, 2.45) is 0 Å². The Morgan fingerprint density at radius 2 is 1.72 bits per heavy atom. The van der Waals surface area contributed by atoms with Crippen molar-refractivity contribution in [3.63, 3.8) is 0 Å². The van der Waals surface area contributed by atoms with Crippen molar-refractivity contribution in [3.05, 3.63) is 85.3 Å². The van der Waals surface area contributed by atoms with Crippen molar-refractivity contribution < 1.29 is 0 Å². The molecule has 0 bridgehead atoms. The van der Waals surface area contributed by atoms with Crippen LogP contribution in [0.2, 0.25) is 0 Å². The van der Waals surface area contributed by atoms with Crippen LogP contribution in [0.25, 0.3) is 41.7 Å². The minimum absolute atomic E-state index is 0.312. The van der Waals surface area contributed by atoms with Crippen LogP contribution < -0.4 is 0 Å². The van der Waals surface area contributed by atoms with Crippen LogP contribution in [-0.2, 0) is 0 Å². The summed E-state index contributed by atoms with van der Waals surface area (Å²) in [7, 11) is 0. The van der Waals surface area contributed by atoms with Crippen LogP contribution in [0, 0.1) is 0 Å². The first-order chi connectivity index (χ1) is 12.4. The fourth-order valence-corrected chi connectivity index (χ4v) is 5.76. The Bertz CT molecular complexity index is 1180. The molecular weight excluding hydrogens is 371 g/mol. The number of aromatic nitrogens is 2. The van der Waals surface area contributed by atoms with Crippen LogP contribution in [-0.4, -0.2) is 24.5 Å². The van der Waals surface area contributed by atoms with Gasteiger partial charge < -0.3 is 0 Å². The van der Waals surface area contributed by atoms with Crippen molar-refractivity contribution in [2.75, 3.05) is 0 Å². The minimum atomic E-state index is 0.312. The van der Waals surface area contributed by atoms with Crippen LogP contribution in [0.15, 0.2) is 85.3 Å². The van der Waals surface area contributed by atoms with Gasteiger partial charge in [-0.05, 0) is 0 Å². The Kier molecular flexibility index (Phi) is 3.48. The summed E-state index contributed by atoms with van der Waals surface area (Å²) < 4.78 is 2.88. The van der Waals surface area contributed by atoms with Crippen molar-refractivity contribution >= 4 is 33.8 Å². The van der Waals surface area contributed by atoms with Gasteiger partial charge >= 0.3 is 151 Å². The van der Waals surface area contributed by atoms with Crippen LogP contribution in [0.5, 0.6) is 0 Å². The van der Waals surface area contributed by atoms with Gasteiger partial charge in [0.25, 0.3) is 0 Å². The first-order valence-corrected chi connectivity index (χ1v) is 9.88. The normalized spacial score (nSPS) is 11.2. The molecule has 5 aromatic rings. The number of nitrogens with zero attached hydrogens (tertiary/aromatic N) is 2. The van der Waals surface area contributed by atoms with E-state index in [0.29, 0.717) is 14.5 Å². The number of pyridine rings is 2. The average molecular weight is 385 g/mol. The van der Waals surface area contributed by atoms with Gasteiger partial charge in [0, 0.05) is 0 Å². The fraction of sp³-hybridized carbons (Fsp3) is 0. The predicted molar refractivity (Wildman–Crippen MR) is 105 cm³/mol. The van der Waals surface area contributed by atoms with Gasteiger partial charge in [0.05, 0.1) is 0 Å². The molecule has 118 valence electrons. The molecule has 3 aromatic heterocycles. The second-order valence-electron chi connectivity index (χ2n) is 5.95. The predicted octanol–water partition coefficient (Wildman–Crippen LogP) is 5.17. The van der Waals surface area contributed by atoms with E-state index in [-0.39, 0.29) is 0 Å². The molecule has 3 heteroatoms. The van der Waals surface area contributed by atoms with E-state index in [0.717, 1.165) is 11.3 Å². The van der Waals surface area contributed by atoms with Crippen LogP contribution in [0.4, 0.5) is 0 Å². The summed E-state index contributed by atoms with van der Waals surface area (Å²) in [4.78, 5) is 8.80. The van der Waals surface area contributed by atoms with E-state index in [1.807, 2.05) is 30.7 Å². The van der Waals surface area contributed by atoms with E-state index < -0.39 is 0 Å². The van der Waals surface area contributed by atoms with E-state index in [4.69, 9.17) is 0 Å². The number of benzene rings is 2. The molecule has 0 N–H and O–H groups in total. The van der Waals surface area contributed by atoms with Crippen molar-refractivity contribution in [2.45, 2.75) is 0 Å². The zero-order valence-corrected chi connectivity index (χ0v) is 15.1. The summed E-state index contributed by atoms with van der Waals surface area (Å²) >= 11 is 0.312. The molecule has 0 atom stereocenters. The van der Waals surface area contributed by atoms with Gasteiger partial charge in [0.2, 0.25) is 0 Å². The second kappa shape index (κ2) is 5.96. The third-order valence-electron chi connectivity index (χ3n) is 4.43. The molecule has 0 spiro atoms. The molecule has 0 saturated carbocycles. The molecule has 0 aliphatic heterocycles. The SMILES string of the molecule is c1ccc(-c2cccc3c2[se]c2ccc(-c4cccnc4)cc23)nc1. The number of fused-ring (bicyclic) bond motifs is 3. The van der Waals surface area contributed by atoms with E-state index in [2.05, 4.69) is 64.6 Å². The summed E-state index contributed by atoms with van der Waals surface area (Å²) in [5, 5.41) is 2.71. The maximum absolute atomic E-state index is 4.56. The first-order valence-electron chi connectivity index (χ1n) is 8.17. The molecule has 0 aliphatic rings. The summed E-state index contributed by atoms with van der Waals surface area (Å²) in [6.07, 6.45) is 5.60. The van der Waals surface area contributed by atoms with Crippen molar-refractivity contribution in [1.82, 2.24) is 9.97 Å². The Labute approximate surface area is 151 Å². The molecular formula is C22H14N2Se.